The number of carbonyl (C=O) groups excluding carboxylic acids is 1. The number of sulfonamides is 1. The van der Waals surface area contributed by atoms with Gasteiger partial charge >= 0.3 is 11.7 Å². The molecule has 150 valence electrons. The fraction of sp³-hybridized carbons (Fsp3) is 0.188. The van der Waals surface area contributed by atoms with Crippen molar-refractivity contribution in [2.75, 3.05) is 26.1 Å². The number of hydrogen-bond acceptors (Lipinski definition) is 9. The van der Waals surface area contributed by atoms with E-state index < -0.39 is 37.2 Å². The molecule has 0 atom stereocenters. The minimum atomic E-state index is -4.36. The Hall–Kier alpha value is -3.54. The molecule has 0 unspecified atom stereocenters. The highest BCUT2D eigenvalue weighted by molar-refractivity contribution is 7.92. The molecule has 0 bridgehead atoms. The third-order valence-corrected chi connectivity index (χ3v) is 4.99. The molecule has 0 aliphatic heterocycles. The third-order valence-electron chi connectivity index (χ3n) is 3.63. The number of hydrogen-bond donors (Lipinski definition) is 2. The molecule has 0 saturated carbocycles. The Labute approximate surface area is 159 Å². The molecule has 2 N–H and O–H groups in total. The summed E-state index contributed by atoms with van der Waals surface area (Å²) in [6.45, 7) is 0. The molecule has 0 aliphatic carbocycles. The number of nitrogens with zero attached hydrogens (tertiary/aromatic N) is 1. The number of nitro benzene ring substituents is 1. The summed E-state index contributed by atoms with van der Waals surface area (Å²) >= 11 is 0. The van der Waals surface area contributed by atoms with Crippen molar-refractivity contribution in [2.24, 2.45) is 0 Å². The minimum absolute atomic E-state index is 0.129. The van der Waals surface area contributed by atoms with Gasteiger partial charge < -0.3 is 19.3 Å². The van der Waals surface area contributed by atoms with Crippen LogP contribution in [0.15, 0.2) is 35.2 Å². The van der Waals surface area contributed by atoms with Crippen LogP contribution in [0.3, 0.4) is 0 Å². The maximum atomic E-state index is 12.7. The Balaban J connectivity index is 2.58. The molecule has 0 aromatic heterocycles. The van der Waals surface area contributed by atoms with Crippen molar-refractivity contribution in [1.82, 2.24) is 0 Å². The number of esters is 1. The SMILES string of the molecule is COC(=O)c1cc(OC)c(OC)cc1NS(=O)(=O)c1ccc(O)c([N+](=O)[O-])c1. The van der Waals surface area contributed by atoms with E-state index >= 15 is 0 Å². The van der Waals surface area contributed by atoms with Gasteiger partial charge in [-0.1, -0.05) is 0 Å². The molecule has 0 saturated heterocycles. The van der Waals surface area contributed by atoms with Gasteiger partial charge in [-0.05, 0) is 12.1 Å². The van der Waals surface area contributed by atoms with Crippen LogP contribution in [0, 0.1) is 10.1 Å². The Morgan fingerprint density at radius 2 is 1.71 bits per heavy atom. The van der Waals surface area contributed by atoms with Gasteiger partial charge in [-0.15, -0.1) is 0 Å². The molecular formula is C16H16N2O9S. The van der Waals surface area contributed by atoms with Crippen molar-refractivity contribution < 1.29 is 37.5 Å². The van der Waals surface area contributed by atoms with Crippen molar-refractivity contribution in [1.29, 1.82) is 0 Å². The lowest BCUT2D eigenvalue weighted by molar-refractivity contribution is -0.386. The molecule has 0 heterocycles. The van der Waals surface area contributed by atoms with E-state index in [1.165, 1.54) is 26.4 Å². The van der Waals surface area contributed by atoms with Crippen LogP contribution in [-0.4, -0.2) is 45.7 Å². The number of nitrogens with one attached hydrogen (secondary N) is 1. The Morgan fingerprint density at radius 1 is 1.11 bits per heavy atom. The topological polar surface area (TPSA) is 154 Å². The summed E-state index contributed by atoms with van der Waals surface area (Å²) in [4.78, 5) is 21.5. The molecule has 0 fully saturated rings. The first-order chi connectivity index (χ1) is 13.1. The molecule has 2 aromatic rings. The summed E-state index contributed by atoms with van der Waals surface area (Å²) in [7, 11) is -0.604. The molecule has 0 radical (unpaired) electrons. The Kier molecular flexibility index (Phi) is 5.93. The second kappa shape index (κ2) is 8.00. The van der Waals surface area contributed by atoms with Crippen LogP contribution in [0.2, 0.25) is 0 Å². The van der Waals surface area contributed by atoms with Crippen LogP contribution in [-0.2, 0) is 14.8 Å². The van der Waals surface area contributed by atoms with E-state index in [0.717, 1.165) is 19.2 Å². The zero-order valence-corrected chi connectivity index (χ0v) is 15.8. The number of benzene rings is 2. The molecule has 0 aliphatic rings. The van der Waals surface area contributed by atoms with E-state index in [0.29, 0.717) is 6.07 Å². The summed E-state index contributed by atoms with van der Waals surface area (Å²) in [5.41, 5.74) is -1.15. The lowest BCUT2D eigenvalue weighted by atomic mass is 10.1. The van der Waals surface area contributed by atoms with Gasteiger partial charge in [0.25, 0.3) is 10.0 Å². The van der Waals surface area contributed by atoms with Crippen LogP contribution < -0.4 is 14.2 Å². The number of rotatable bonds is 7. The number of phenols is 1. The van der Waals surface area contributed by atoms with E-state index in [-0.39, 0.29) is 22.7 Å². The first-order valence-electron chi connectivity index (χ1n) is 7.49. The second-order valence-electron chi connectivity index (χ2n) is 5.26. The predicted molar refractivity (Wildman–Crippen MR) is 96.5 cm³/mol. The molecule has 12 heteroatoms. The second-order valence-corrected chi connectivity index (χ2v) is 6.94. The van der Waals surface area contributed by atoms with Gasteiger partial charge in [0.15, 0.2) is 17.2 Å². The van der Waals surface area contributed by atoms with Crippen molar-refractivity contribution in [3.05, 3.63) is 46.0 Å². The zero-order chi connectivity index (χ0) is 21.1. The van der Waals surface area contributed by atoms with Gasteiger partial charge in [0, 0.05) is 18.2 Å². The fourth-order valence-corrected chi connectivity index (χ4v) is 3.35. The predicted octanol–water partition coefficient (Wildman–Crippen LogP) is 1.90. The van der Waals surface area contributed by atoms with Crippen LogP contribution in [0.4, 0.5) is 11.4 Å². The maximum absolute atomic E-state index is 12.7. The number of methoxy groups -OCH3 is 3. The van der Waals surface area contributed by atoms with Gasteiger partial charge in [0.1, 0.15) is 0 Å². The van der Waals surface area contributed by atoms with E-state index in [1.807, 2.05) is 0 Å². The highest BCUT2D eigenvalue weighted by Gasteiger charge is 2.25. The van der Waals surface area contributed by atoms with Crippen molar-refractivity contribution in [3.8, 4) is 17.2 Å². The molecule has 28 heavy (non-hydrogen) atoms. The van der Waals surface area contributed by atoms with Crippen molar-refractivity contribution in [3.63, 3.8) is 0 Å². The van der Waals surface area contributed by atoms with Crippen LogP contribution in [0.5, 0.6) is 17.2 Å². The zero-order valence-electron chi connectivity index (χ0n) is 15.0. The van der Waals surface area contributed by atoms with E-state index in [9.17, 15) is 28.4 Å². The van der Waals surface area contributed by atoms with Gasteiger partial charge in [-0.2, -0.15) is 0 Å². The van der Waals surface area contributed by atoms with Crippen molar-refractivity contribution in [2.45, 2.75) is 4.90 Å². The molecular weight excluding hydrogens is 396 g/mol. The highest BCUT2D eigenvalue weighted by Crippen LogP contribution is 2.35. The monoisotopic (exact) mass is 412 g/mol. The average Bonchev–Trinajstić information content (AvgIpc) is 2.66. The first kappa shape index (κ1) is 20.8. The van der Waals surface area contributed by atoms with Gasteiger partial charge in [-0.25, -0.2) is 13.2 Å². The van der Waals surface area contributed by atoms with Crippen LogP contribution in [0.25, 0.3) is 0 Å². The lowest BCUT2D eigenvalue weighted by Gasteiger charge is -2.15. The summed E-state index contributed by atoms with van der Waals surface area (Å²) in [6, 6.07) is 4.97. The normalized spacial score (nSPS) is 10.8. The van der Waals surface area contributed by atoms with Gasteiger partial charge in [0.2, 0.25) is 0 Å². The molecule has 2 rings (SSSR count). The number of anilines is 1. The van der Waals surface area contributed by atoms with E-state index in [4.69, 9.17) is 9.47 Å². The highest BCUT2D eigenvalue weighted by atomic mass is 32.2. The number of ether oxygens (including phenoxy) is 3. The molecule has 11 nitrogen and oxygen atoms in total. The minimum Gasteiger partial charge on any atom is -0.502 e. The number of carbonyl (C=O) groups is 1. The molecule has 2 aromatic carbocycles. The quantitative estimate of drug-likeness (QED) is 0.394. The van der Waals surface area contributed by atoms with Crippen LogP contribution in [0.1, 0.15) is 10.4 Å². The third kappa shape index (κ3) is 4.06. The van der Waals surface area contributed by atoms with Crippen LogP contribution >= 0.6 is 0 Å². The molecule has 0 spiro atoms. The number of nitro groups is 1. The fourth-order valence-electron chi connectivity index (χ4n) is 2.26. The Morgan fingerprint density at radius 3 is 2.25 bits per heavy atom. The van der Waals surface area contributed by atoms with E-state index in [1.54, 1.807) is 0 Å². The standard InChI is InChI=1S/C16H16N2O9S/c1-25-14-7-10(16(20)27-3)11(8-15(14)26-2)17-28(23,24)9-4-5-13(19)12(6-9)18(21)22/h4-8,17,19H,1-3H3. The first-order valence-corrected chi connectivity index (χ1v) is 8.97. The summed E-state index contributed by atoms with van der Waals surface area (Å²) in [5.74, 6) is -1.25. The smallest absolute Gasteiger partial charge is 0.340 e. The lowest BCUT2D eigenvalue weighted by Crippen LogP contribution is -2.16. The maximum Gasteiger partial charge on any atom is 0.340 e. The summed E-state index contributed by atoms with van der Waals surface area (Å²) < 4.78 is 42.3. The van der Waals surface area contributed by atoms with Crippen molar-refractivity contribution >= 4 is 27.4 Å². The largest absolute Gasteiger partial charge is 0.502 e. The van der Waals surface area contributed by atoms with Gasteiger partial charge in [0.05, 0.1) is 42.4 Å². The Bertz CT molecular complexity index is 1030. The summed E-state index contributed by atoms with van der Waals surface area (Å²) in [6.07, 6.45) is 0. The molecule has 0 amide bonds. The van der Waals surface area contributed by atoms with Gasteiger partial charge in [-0.3, -0.25) is 14.8 Å². The number of phenolic OH excluding ortho intramolecular Hbond substituents is 1. The average molecular weight is 412 g/mol. The number of aromatic hydroxyl groups is 1. The summed E-state index contributed by atoms with van der Waals surface area (Å²) in [5, 5.41) is 20.4. The van der Waals surface area contributed by atoms with E-state index in [2.05, 4.69) is 9.46 Å².